The molecule has 3 rings (SSSR count). The van der Waals surface area contributed by atoms with Crippen LogP contribution in [-0.4, -0.2) is 35.9 Å². The summed E-state index contributed by atoms with van der Waals surface area (Å²) in [6, 6.07) is 7.05. The van der Waals surface area contributed by atoms with E-state index in [1.165, 1.54) is 42.8 Å². The van der Waals surface area contributed by atoms with Crippen LogP contribution in [0.15, 0.2) is 46.3 Å². The maximum absolute atomic E-state index is 12.4. The van der Waals surface area contributed by atoms with Gasteiger partial charge in [-0.05, 0) is 35.7 Å². The summed E-state index contributed by atoms with van der Waals surface area (Å²) in [6.07, 6.45) is 0. The fraction of sp³-hybridized carbons (Fsp3) is 0.0714. The number of thiophene rings is 1. The van der Waals surface area contributed by atoms with Crippen LogP contribution in [0.3, 0.4) is 0 Å². The van der Waals surface area contributed by atoms with E-state index in [0.29, 0.717) is 5.69 Å². The minimum atomic E-state index is -3.88. The minimum absolute atomic E-state index is 0.0244. The van der Waals surface area contributed by atoms with Crippen LogP contribution in [0.4, 0.5) is 5.69 Å². The zero-order valence-corrected chi connectivity index (χ0v) is 13.5. The van der Waals surface area contributed by atoms with Gasteiger partial charge >= 0.3 is 0 Å². The Balaban J connectivity index is 2.02. The Hall–Kier alpha value is -2.52. The lowest BCUT2D eigenvalue weighted by atomic mass is 10.2. The van der Waals surface area contributed by atoms with Crippen molar-refractivity contribution in [3.8, 4) is 5.75 Å². The number of anilines is 1. The lowest BCUT2D eigenvalue weighted by Crippen LogP contribution is -2.36. The number of phenolic OH excluding ortho intramolecular Hbond substituents is 1. The number of hydrogen-bond donors (Lipinski definition) is 3. The monoisotopic (exact) mass is 352 g/mol. The van der Waals surface area contributed by atoms with Gasteiger partial charge in [-0.3, -0.25) is 9.10 Å². The average Bonchev–Trinajstić information content (AvgIpc) is 2.99. The molecule has 0 saturated heterocycles. The van der Waals surface area contributed by atoms with Gasteiger partial charge in [0, 0.05) is 12.7 Å². The third kappa shape index (κ3) is 2.43. The van der Waals surface area contributed by atoms with Gasteiger partial charge in [0.25, 0.3) is 15.9 Å². The van der Waals surface area contributed by atoms with Gasteiger partial charge in [-0.25, -0.2) is 8.42 Å². The van der Waals surface area contributed by atoms with Crippen LogP contribution in [0.2, 0.25) is 0 Å². The minimum Gasteiger partial charge on any atom is -0.508 e. The first kappa shape index (κ1) is 15.4. The Morgan fingerprint density at radius 1 is 1.17 bits per heavy atom. The number of aromatic hydroxyl groups is 1. The molecule has 1 aliphatic heterocycles. The molecule has 3 N–H and O–H groups in total. The third-order valence-electron chi connectivity index (χ3n) is 3.36. The van der Waals surface area contributed by atoms with Crippen LogP contribution in [0.5, 0.6) is 5.75 Å². The van der Waals surface area contributed by atoms with Gasteiger partial charge in [-0.1, -0.05) is 0 Å². The van der Waals surface area contributed by atoms with E-state index < -0.39 is 15.9 Å². The van der Waals surface area contributed by atoms with Gasteiger partial charge in [-0.15, -0.1) is 11.3 Å². The molecular formula is C14H12N2O5S2. The van der Waals surface area contributed by atoms with Crippen LogP contribution in [-0.2, 0) is 14.8 Å². The number of nitrogens with one attached hydrogen (secondary N) is 1. The van der Waals surface area contributed by atoms with Gasteiger partial charge < -0.3 is 15.5 Å². The van der Waals surface area contributed by atoms with Gasteiger partial charge in [0.1, 0.15) is 10.6 Å². The first-order valence-corrected chi connectivity index (χ1v) is 8.75. The van der Waals surface area contributed by atoms with Crippen LogP contribution in [0, 0.1) is 0 Å². The SMILES string of the molecule is CN1C(C(=O)Nc2ccc(O)cc2)=C(O)c2sccc2S1(=O)=O. The highest BCUT2D eigenvalue weighted by Crippen LogP contribution is 2.38. The molecule has 0 bridgehead atoms. The Morgan fingerprint density at radius 3 is 2.48 bits per heavy atom. The molecule has 23 heavy (non-hydrogen) atoms. The van der Waals surface area contributed by atoms with Crippen molar-refractivity contribution in [1.29, 1.82) is 0 Å². The summed E-state index contributed by atoms with van der Waals surface area (Å²) < 4.78 is 25.6. The molecule has 7 nitrogen and oxygen atoms in total. The second kappa shape index (κ2) is 5.28. The summed E-state index contributed by atoms with van der Waals surface area (Å²) in [5, 5.41) is 23.5. The van der Waals surface area contributed by atoms with Crippen molar-refractivity contribution in [1.82, 2.24) is 4.31 Å². The number of sulfonamides is 1. The third-order valence-corrected chi connectivity index (χ3v) is 6.21. The summed E-state index contributed by atoms with van der Waals surface area (Å²) in [4.78, 5) is 12.5. The number of nitrogens with zero attached hydrogens (tertiary/aromatic N) is 1. The topological polar surface area (TPSA) is 107 Å². The first-order chi connectivity index (χ1) is 10.8. The highest BCUT2D eigenvalue weighted by atomic mass is 32.2. The predicted molar refractivity (Wildman–Crippen MR) is 85.6 cm³/mol. The van der Waals surface area contributed by atoms with Crippen LogP contribution >= 0.6 is 11.3 Å². The van der Waals surface area contributed by atoms with E-state index in [2.05, 4.69) is 5.32 Å². The molecule has 1 amide bonds. The number of amides is 1. The van der Waals surface area contributed by atoms with Crippen molar-refractivity contribution >= 4 is 38.7 Å². The zero-order valence-electron chi connectivity index (χ0n) is 11.8. The quantitative estimate of drug-likeness (QED) is 0.716. The second-order valence-corrected chi connectivity index (χ2v) is 7.64. The lowest BCUT2D eigenvalue weighted by molar-refractivity contribution is -0.113. The molecule has 0 radical (unpaired) electrons. The molecule has 1 aliphatic rings. The molecule has 0 spiro atoms. The molecule has 0 saturated carbocycles. The Bertz CT molecular complexity index is 913. The van der Waals surface area contributed by atoms with Crippen molar-refractivity contribution in [3.63, 3.8) is 0 Å². The van der Waals surface area contributed by atoms with E-state index in [0.717, 1.165) is 15.6 Å². The van der Waals surface area contributed by atoms with Crippen molar-refractivity contribution < 1.29 is 23.4 Å². The molecule has 0 atom stereocenters. The zero-order chi connectivity index (χ0) is 16.8. The lowest BCUT2D eigenvalue weighted by Gasteiger charge is -2.26. The highest BCUT2D eigenvalue weighted by Gasteiger charge is 2.38. The van der Waals surface area contributed by atoms with Gasteiger partial charge in [0.2, 0.25) is 0 Å². The molecule has 0 fully saturated rings. The summed E-state index contributed by atoms with van der Waals surface area (Å²) in [7, 11) is -2.67. The molecule has 0 aliphatic carbocycles. The van der Waals surface area contributed by atoms with Crippen LogP contribution < -0.4 is 5.32 Å². The standard InChI is InChI=1S/C14H12N2O5S2/c1-16-11(14(19)15-8-2-4-9(17)5-3-8)12(18)13-10(6-7-22-13)23(16,20)21/h2-7,17-18H,1H3,(H,15,19). The molecule has 120 valence electrons. The molecule has 2 aromatic rings. The van der Waals surface area contributed by atoms with E-state index in [1.807, 2.05) is 0 Å². The van der Waals surface area contributed by atoms with Crippen molar-refractivity contribution in [2.75, 3.05) is 12.4 Å². The number of carbonyl (C=O) groups excluding carboxylic acids is 1. The molecule has 0 unspecified atom stereocenters. The smallest absolute Gasteiger partial charge is 0.276 e. The fourth-order valence-corrected chi connectivity index (χ4v) is 4.74. The summed E-state index contributed by atoms with van der Waals surface area (Å²) in [5.74, 6) is -1.12. The fourth-order valence-electron chi connectivity index (χ4n) is 2.18. The van der Waals surface area contributed by atoms with E-state index in [9.17, 15) is 23.4 Å². The maximum Gasteiger partial charge on any atom is 0.276 e. The molecular weight excluding hydrogens is 340 g/mol. The van der Waals surface area contributed by atoms with E-state index in [-0.39, 0.29) is 27.0 Å². The number of hydrogen-bond acceptors (Lipinski definition) is 6. The van der Waals surface area contributed by atoms with Gasteiger partial charge in [0.15, 0.2) is 11.5 Å². The largest absolute Gasteiger partial charge is 0.508 e. The van der Waals surface area contributed by atoms with E-state index in [1.54, 1.807) is 0 Å². The van der Waals surface area contributed by atoms with Crippen LogP contribution in [0.1, 0.15) is 4.88 Å². The molecule has 2 heterocycles. The Kier molecular flexibility index (Phi) is 3.53. The number of carbonyl (C=O) groups is 1. The van der Waals surface area contributed by atoms with Gasteiger partial charge in [-0.2, -0.15) is 0 Å². The second-order valence-electron chi connectivity index (χ2n) is 4.78. The average molecular weight is 352 g/mol. The Morgan fingerprint density at radius 2 is 1.83 bits per heavy atom. The number of phenols is 1. The number of fused-ring (bicyclic) bond motifs is 1. The first-order valence-electron chi connectivity index (χ1n) is 6.43. The molecule has 1 aromatic carbocycles. The summed E-state index contributed by atoms with van der Waals surface area (Å²) in [6.45, 7) is 0. The Labute approximate surface area is 136 Å². The van der Waals surface area contributed by atoms with Crippen molar-refractivity contribution in [2.45, 2.75) is 4.90 Å². The number of benzene rings is 1. The van der Waals surface area contributed by atoms with Crippen LogP contribution in [0.25, 0.3) is 5.76 Å². The molecule has 1 aromatic heterocycles. The van der Waals surface area contributed by atoms with Gasteiger partial charge in [0.05, 0.1) is 4.88 Å². The normalized spacial score (nSPS) is 16.1. The predicted octanol–water partition coefficient (Wildman–Crippen LogP) is 1.95. The van der Waals surface area contributed by atoms with Crippen molar-refractivity contribution in [2.24, 2.45) is 0 Å². The highest BCUT2D eigenvalue weighted by molar-refractivity contribution is 7.89. The van der Waals surface area contributed by atoms with E-state index in [4.69, 9.17) is 0 Å². The van der Waals surface area contributed by atoms with Crippen molar-refractivity contribution in [3.05, 3.63) is 46.3 Å². The summed E-state index contributed by atoms with van der Waals surface area (Å²) in [5.41, 5.74) is 0.00361. The number of rotatable bonds is 2. The number of aliphatic hydroxyl groups is 1. The summed E-state index contributed by atoms with van der Waals surface area (Å²) >= 11 is 1.04. The number of aliphatic hydroxyl groups excluding tert-OH is 1. The van der Waals surface area contributed by atoms with E-state index >= 15 is 0 Å². The number of likely N-dealkylation sites (N-methyl/N-ethyl adjacent to an activating group) is 1. The molecule has 9 heteroatoms. The maximum atomic E-state index is 12.4.